The first-order chi connectivity index (χ1) is 14.0. The van der Waals surface area contributed by atoms with Gasteiger partial charge in [-0.3, -0.25) is 0 Å². The molecule has 0 bridgehead atoms. The third kappa shape index (κ3) is 11.6. The first-order valence-electron chi connectivity index (χ1n) is 11.6. The van der Waals surface area contributed by atoms with E-state index in [2.05, 4.69) is 67.5 Å². The van der Waals surface area contributed by atoms with E-state index in [0.717, 1.165) is 36.8 Å². The van der Waals surface area contributed by atoms with Crippen molar-refractivity contribution in [2.75, 3.05) is 0 Å². The van der Waals surface area contributed by atoms with Gasteiger partial charge in [-0.2, -0.15) is 0 Å². The van der Waals surface area contributed by atoms with Crippen LogP contribution in [0.25, 0.3) is 0 Å². The van der Waals surface area contributed by atoms with E-state index in [4.69, 9.17) is 0 Å². The monoisotopic (exact) mass is 450 g/mol. The Kier molecular flexibility index (Phi) is 14.9. The summed E-state index contributed by atoms with van der Waals surface area (Å²) in [6.45, 7) is 17.4. The predicted molar refractivity (Wildman–Crippen MR) is 132 cm³/mol. The summed E-state index contributed by atoms with van der Waals surface area (Å²) in [5.74, 6) is 2.73. The maximum atomic E-state index is 11.8. The molecular weight excluding hydrogens is 408 g/mol. The van der Waals surface area contributed by atoms with Crippen molar-refractivity contribution in [2.45, 2.75) is 81.1 Å². The van der Waals surface area contributed by atoms with E-state index in [9.17, 15) is 10.2 Å². The Morgan fingerprint density at radius 3 is 1.06 bits per heavy atom. The number of rotatable bonds is 8. The molecule has 0 aliphatic heterocycles. The molecule has 0 unspecified atom stereocenters. The summed E-state index contributed by atoms with van der Waals surface area (Å²) in [4.78, 5) is 0. The fourth-order valence-corrected chi connectivity index (χ4v) is 3.76. The molecule has 0 aromatic heterocycles. The summed E-state index contributed by atoms with van der Waals surface area (Å²) in [5.41, 5.74) is 4.54. The van der Waals surface area contributed by atoms with Crippen LogP contribution < -0.4 is 10.2 Å². The van der Waals surface area contributed by atoms with Crippen molar-refractivity contribution in [2.24, 2.45) is 23.7 Å². The molecule has 0 saturated carbocycles. The first-order valence-corrected chi connectivity index (χ1v) is 11.6. The van der Waals surface area contributed by atoms with Crippen molar-refractivity contribution in [1.82, 2.24) is 0 Å². The Hall–Kier alpha value is -0.700. The normalized spacial score (nSPS) is 11.0. The number of hydrogen-bond acceptors (Lipinski definition) is 2. The molecule has 168 valence electrons. The Morgan fingerprint density at radius 2 is 0.806 bits per heavy atom. The zero-order valence-electron chi connectivity index (χ0n) is 21.1. The Balaban J connectivity index is 0.000000562. The van der Waals surface area contributed by atoms with Gasteiger partial charge < -0.3 is 10.2 Å². The minimum absolute atomic E-state index is 0. The van der Waals surface area contributed by atoms with E-state index in [1.54, 1.807) is 12.1 Å². The van der Waals surface area contributed by atoms with Gasteiger partial charge in [0, 0.05) is 0 Å². The van der Waals surface area contributed by atoms with Gasteiger partial charge in [0.25, 0.3) is 0 Å². The van der Waals surface area contributed by atoms with Crippen LogP contribution in [0, 0.1) is 23.7 Å². The molecular formula is C28H42CaO2. The number of benzene rings is 2. The molecule has 2 rings (SSSR count). The molecule has 0 aliphatic rings. The van der Waals surface area contributed by atoms with Gasteiger partial charge in [-0.15, -0.1) is 11.5 Å². The van der Waals surface area contributed by atoms with E-state index < -0.39 is 0 Å². The molecule has 0 fully saturated rings. The maximum absolute atomic E-state index is 11.8. The van der Waals surface area contributed by atoms with Gasteiger partial charge in [0.15, 0.2) is 0 Å². The summed E-state index contributed by atoms with van der Waals surface area (Å²) in [6, 6.07) is 11.3. The molecule has 31 heavy (non-hydrogen) atoms. The summed E-state index contributed by atoms with van der Waals surface area (Å²) < 4.78 is 0. The van der Waals surface area contributed by atoms with Gasteiger partial charge in [0.1, 0.15) is 0 Å². The van der Waals surface area contributed by atoms with Crippen LogP contribution >= 0.6 is 0 Å². The molecule has 2 nitrogen and oxygen atoms in total. The Bertz CT molecular complexity index is 698. The van der Waals surface area contributed by atoms with E-state index in [0.29, 0.717) is 23.7 Å². The molecule has 0 heterocycles. The van der Waals surface area contributed by atoms with Gasteiger partial charge in [0.05, 0.1) is 0 Å². The first kappa shape index (κ1) is 30.3. The third-order valence-electron chi connectivity index (χ3n) is 4.94. The second-order valence-electron chi connectivity index (χ2n) is 10.2. The zero-order chi connectivity index (χ0) is 22.8. The molecule has 0 spiro atoms. The van der Waals surface area contributed by atoms with Crippen molar-refractivity contribution in [3.63, 3.8) is 0 Å². The molecule has 2 aromatic rings. The van der Waals surface area contributed by atoms with E-state index in [1.165, 1.54) is 11.1 Å². The molecule has 0 aliphatic carbocycles. The maximum Gasteiger partial charge on any atom is 2.00 e. The van der Waals surface area contributed by atoms with Gasteiger partial charge in [-0.1, -0.05) is 103 Å². The standard InChI is InChI=1S/2C14H22O.Ca/c2*1-10(2)8-12-6-5-7-14(15)13(12)9-11(3)4;/h2*5-7,10-11,15H,8-9H2,1-4H3;/q;;+2/p-2. The smallest absolute Gasteiger partial charge is 0.872 e. The Labute approximate surface area is 221 Å². The molecule has 2 aromatic carbocycles. The van der Waals surface area contributed by atoms with E-state index in [1.807, 2.05) is 12.1 Å². The van der Waals surface area contributed by atoms with Crippen LogP contribution in [0.1, 0.15) is 77.6 Å². The van der Waals surface area contributed by atoms with E-state index in [-0.39, 0.29) is 49.2 Å². The quantitative estimate of drug-likeness (QED) is 0.468. The Morgan fingerprint density at radius 1 is 0.516 bits per heavy atom. The molecule has 3 heteroatoms. The second kappa shape index (κ2) is 15.2. The average molecular weight is 451 g/mol. The topological polar surface area (TPSA) is 46.1 Å². The van der Waals surface area contributed by atoms with Crippen molar-refractivity contribution >= 4 is 37.7 Å². The largest absolute Gasteiger partial charge is 2.00 e. The average Bonchev–Trinajstić information content (AvgIpc) is 2.60. The number of hydrogen-bond donors (Lipinski definition) is 0. The fourth-order valence-electron chi connectivity index (χ4n) is 3.76. The van der Waals surface area contributed by atoms with Crippen LogP contribution in [0.15, 0.2) is 36.4 Å². The van der Waals surface area contributed by atoms with Crippen molar-refractivity contribution in [3.8, 4) is 11.5 Å². The molecule has 0 N–H and O–H groups in total. The van der Waals surface area contributed by atoms with Gasteiger partial charge in [-0.05, 0) is 60.5 Å². The molecule has 0 radical (unpaired) electrons. The van der Waals surface area contributed by atoms with Crippen LogP contribution in [0.3, 0.4) is 0 Å². The minimum atomic E-state index is 0. The van der Waals surface area contributed by atoms with Crippen LogP contribution in [0.5, 0.6) is 11.5 Å². The SMILES string of the molecule is CC(C)Cc1cccc([O-])c1CC(C)C.CC(C)Cc1cccc([O-])c1CC(C)C.[Ca+2]. The van der Waals surface area contributed by atoms with E-state index >= 15 is 0 Å². The second-order valence-corrected chi connectivity index (χ2v) is 10.2. The van der Waals surface area contributed by atoms with Crippen molar-refractivity contribution in [1.29, 1.82) is 0 Å². The van der Waals surface area contributed by atoms with Crippen LogP contribution in [0.2, 0.25) is 0 Å². The molecule has 0 saturated heterocycles. The summed E-state index contributed by atoms with van der Waals surface area (Å²) in [7, 11) is 0. The van der Waals surface area contributed by atoms with Crippen LogP contribution in [0.4, 0.5) is 0 Å². The third-order valence-corrected chi connectivity index (χ3v) is 4.94. The predicted octanol–water partition coefficient (Wildman–Crippen LogP) is 5.93. The summed E-state index contributed by atoms with van der Waals surface area (Å²) in [6.07, 6.45) is 3.83. The minimum Gasteiger partial charge on any atom is -0.872 e. The summed E-state index contributed by atoms with van der Waals surface area (Å²) >= 11 is 0. The summed E-state index contributed by atoms with van der Waals surface area (Å²) in [5, 5.41) is 23.5. The van der Waals surface area contributed by atoms with Crippen LogP contribution in [-0.4, -0.2) is 37.7 Å². The molecule has 0 amide bonds. The zero-order valence-corrected chi connectivity index (χ0v) is 23.3. The van der Waals surface area contributed by atoms with Crippen molar-refractivity contribution in [3.05, 3.63) is 58.7 Å². The van der Waals surface area contributed by atoms with Gasteiger partial charge >= 0.3 is 37.7 Å². The van der Waals surface area contributed by atoms with Gasteiger partial charge in [0.2, 0.25) is 0 Å². The fraction of sp³-hybridized carbons (Fsp3) is 0.571. The van der Waals surface area contributed by atoms with Gasteiger partial charge in [-0.25, -0.2) is 0 Å². The van der Waals surface area contributed by atoms with Crippen LogP contribution in [-0.2, 0) is 25.7 Å². The van der Waals surface area contributed by atoms with Crippen molar-refractivity contribution < 1.29 is 10.2 Å². The molecule has 0 atom stereocenters.